The average Bonchev–Trinajstić information content (AvgIpc) is 1.87. The van der Waals surface area contributed by atoms with Crippen LogP contribution in [0.3, 0.4) is 0 Å². The summed E-state index contributed by atoms with van der Waals surface area (Å²) in [7, 11) is 0. The Labute approximate surface area is 65.3 Å². The largest absolute Gasteiger partial charge is 0.338 e. The van der Waals surface area contributed by atoms with Crippen molar-refractivity contribution >= 4 is 11.9 Å². The molecule has 3 amide bonds. The molecule has 64 valence electrons. The smallest absolute Gasteiger partial charge is 0.321 e. The van der Waals surface area contributed by atoms with Crippen LogP contribution >= 0.6 is 0 Å². The highest BCUT2D eigenvalue weighted by Gasteiger charge is 2.09. The van der Waals surface area contributed by atoms with E-state index < -0.39 is 18.0 Å². The molecular formula is C6H13N3O2. The topological polar surface area (TPSA) is 84.2 Å². The van der Waals surface area contributed by atoms with Gasteiger partial charge in [-0.1, -0.05) is 0 Å². The standard InChI is InChI=1S/C6H13N3O2/c1-3-8-6(11)9-5(10)4(2)7/h4H,3,7H2,1-2H3,(H2,8,9,10,11). The number of imide groups is 1. The lowest BCUT2D eigenvalue weighted by molar-refractivity contribution is -0.120. The number of rotatable bonds is 2. The van der Waals surface area contributed by atoms with Crippen molar-refractivity contribution in [2.24, 2.45) is 5.73 Å². The number of nitrogens with two attached hydrogens (primary N) is 1. The number of urea groups is 1. The Kier molecular flexibility index (Phi) is 4.21. The van der Waals surface area contributed by atoms with Crippen molar-refractivity contribution in [1.29, 1.82) is 0 Å². The van der Waals surface area contributed by atoms with E-state index in [4.69, 9.17) is 5.73 Å². The van der Waals surface area contributed by atoms with Crippen molar-refractivity contribution in [1.82, 2.24) is 10.6 Å². The van der Waals surface area contributed by atoms with Gasteiger partial charge in [0.25, 0.3) is 0 Å². The van der Waals surface area contributed by atoms with Gasteiger partial charge in [0, 0.05) is 6.54 Å². The third kappa shape index (κ3) is 4.32. The van der Waals surface area contributed by atoms with Gasteiger partial charge in [0.15, 0.2) is 0 Å². The third-order valence-corrected chi connectivity index (χ3v) is 0.988. The van der Waals surface area contributed by atoms with E-state index >= 15 is 0 Å². The highest BCUT2D eigenvalue weighted by molar-refractivity contribution is 5.96. The summed E-state index contributed by atoms with van der Waals surface area (Å²) in [4.78, 5) is 21.4. The van der Waals surface area contributed by atoms with Gasteiger partial charge < -0.3 is 11.1 Å². The Hall–Kier alpha value is -1.10. The zero-order valence-electron chi connectivity index (χ0n) is 6.68. The molecule has 4 N–H and O–H groups in total. The number of hydrogen-bond acceptors (Lipinski definition) is 3. The van der Waals surface area contributed by atoms with E-state index in [-0.39, 0.29) is 0 Å². The van der Waals surface area contributed by atoms with Gasteiger partial charge in [-0.2, -0.15) is 0 Å². The first-order chi connectivity index (χ1) is 5.07. The zero-order chi connectivity index (χ0) is 8.85. The van der Waals surface area contributed by atoms with E-state index in [0.717, 1.165) is 0 Å². The second-order valence-corrected chi connectivity index (χ2v) is 2.14. The zero-order valence-corrected chi connectivity index (χ0v) is 6.68. The molecule has 0 radical (unpaired) electrons. The maximum atomic E-state index is 10.7. The van der Waals surface area contributed by atoms with Gasteiger partial charge >= 0.3 is 6.03 Å². The third-order valence-electron chi connectivity index (χ3n) is 0.988. The summed E-state index contributed by atoms with van der Waals surface area (Å²) in [5, 5.41) is 4.47. The molecule has 0 spiro atoms. The van der Waals surface area contributed by atoms with Crippen LogP contribution in [0, 0.1) is 0 Å². The minimum Gasteiger partial charge on any atom is -0.338 e. The Morgan fingerprint density at radius 2 is 2.09 bits per heavy atom. The number of amides is 3. The lowest BCUT2D eigenvalue weighted by Crippen LogP contribution is -2.46. The molecule has 0 fully saturated rings. The molecule has 0 rings (SSSR count). The van der Waals surface area contributed by atoms with Crippen LogP contribution in [0.15, 0.2) is 0 Å². The second kappa shape index (κ2) is 4.68. The molecule has 0 aliphatic heterocycles. The highest BCUT2D eigenvalue weighted by Crippen LogP contribution is 1.74. The molecule has 0 aromatic carbocycles. The lowest BCUT2D eigenvalue weighted by atomic mass is 10.3. The summed E-state index contributed by atoms with van der Waals surface area (Å²) in [6, 6.07) is -1.16. The summed E-state index contributed by atoms with van der Waals surface area (Å²) < 4.78 is 0. The molecular weight excluding hydrogens is 146 g/mol. The van der Waals surface area contributed by atoms with Crippen LogP contribution in [0.1, 0.15) is 13.8 Å². The predicted octanol–water partition coefficient (Wildman–Crippen LogP) is -0.821. The maximum absolute atomic E-state index is 10.7. The average molecular weight is 159 g/mol. The summed E-state index contributed by atoms with van der Waals surface area (Å²) in [5.74, 6) is -0.476. The maximum Gasteiger partial charge on any atom is 0.321 e. The fraction of sp³-hybridized carbons (Fsp3) is 0.667. The predicted molar refractivity (Wildman–Crippen MR) is 40.9 cm³/mol. The van der Waals surface area contributed by atoms with Crippen LogP contribution in [0.2, 0.25) is 0 Å². The first-order valence-corrected chi connectivity index (χ1v) is 3.42. The fourth-order valence-corrected chi connectivity index (χ4v) is 0.430. The van der Waals surface area contributed by atoms with Gasteiger partial charge in [-0.05, 0) is 13.8 Å². The minimum atomic E-state index is -0.655. The molecule has 5 heteroatoms. The van der Waals surface area contributed by atoms with E-state index in [2.05, 4.69) is 10.6 Å². The molecule has 1 atom stereocenters. The summed E-state index contributed by atoms with van der Waals surface area (Å²) >= 11 is 0. The van der Waals surface area contributed by atoms with Gasteiger partial charge in [0.1, 0.15) is 0 Å². The summed E-state index contributed by atoms with van der Waals surface area (Å²) in [6.45, 7) is 3.75. The van der Waals surface area contributed by atoms with Gasteiger partial charge in [-0.15, -0.1) is 0 Å². The van der Waals surface area contributed by atoms with Crippen molar-refractivity contribution in [3.63, 3.8) is 0 Å². The summed E-state index contributed by atoms with van der Waals surface area (Å²) in [6.07, 6.45) is 0. The van der Waals surface area contributed by atoms with Crippen molar-refractivity contribution in [3.05, 3.63) is 0 Å². The van der Waals surface area contributed by atoms with Gasteiger partial charge in [-0.25, -0.2) is 4.79 Å². The Bertz CT molecular complexity index is 156. The van der Waals surface area contributed by atoms with Gasteiger partial charge in [0.05, 0.1) is 6.04 Å². The molecule has 0 saturated carbocycles. The van der Waals surface area contributed by atoms with Crippen LogP contribution in [0.25, 0.3) is 0 Å². The molecule has 0 heterocycles. The monoisotopic (exact) mass is 159 g/mol. The van der Waals surface area contributed by atoms with Crippen LogP contribution in [0.5, 0.6) is 0 Å². The molecule has 0 aromatic heterocycles. The van der Waals surface area contributed by atoms with Crippen LogP contribution in [-0.2, 0) is 4.79 Å². The normalized spacial score (nSPS) is 11.9. The SMILES string of the molecule is CCNC(=O)NC(=O)C(C)N. The highest BCUT2D eigenvalue weighted by atomic mass is 16.2. The van der Waals surface area contributed by atoms with Crippen LogP contribution in [0.4, 0.5) is 4.79 Å². The van der Waals surface area contributed by atoms with Gasteiger partial charge in [-0.3, -0.25) is 10.1 Å². The van der Waals surface area contributed by atoms with E-state index in [1.54, 1.807) is 6.92 Å². The molecule has 0 aliphatic carbocycles. The van der Waals surface area contributed by atoms with Gasteiger partial charge in [0.2, 0.25) is 5.91 Å². The number of nitrogens with one attached hydrogen (secondary N) is 2. The van der Waals surface area contributed by atoms with E-state index in [1.165, 1.54) is 6.92 Å². The molecule has 11 heavy (non-hydrogen) atoms. The molecule has 0 saturated heterocycles. The first-order valence-electron chi connectivity index (χ1n) is 3.42. The van der Waals surface area contributed by atoms with Crippen molar-refractivity contribution in [2.45, 2.75) is 19.9 Å². The van der Waals surface area contributed by atoms with E-state index in [1.807, 2.05) is 0 Å². The van der Waals surface area contributed by atoms with Crippen LogP contribution < -0.4 is 16.4 Å². The molecule has 0 bridgehead atoms. The minimum absolute atomic E-state index is 0.476. The quantitative estimate of drug-likeness (QED) is 0.492. The van der Waals surface area contributed by atoms with Crippen molar-refractivity contribution in [2.75, 3.05) is 6.54 Å². The van der Waals surface area contributed by atoms with E-state index in [9.17, 15) is 9.59 Å². The number of hydrogen-bond donors (Lipinski definition) is 3. The molecule has 0 aromatic rings. The number of carbonyl (C=O) groups is 2. The molecule has 1 unspecified atom stereocenters. The lowest BCUT2D eigenvalue weighted by Gasteiger charge is -2.05. The fourth-order valence-electron chi connectivity index (χ4n) is 0.430. The van der Waals surface area contributed by atoms with Crippen molar-refractivity contribution < 1.29 is 9.59 Å². The van der Waals surface area contributed by atoms with Crippen molar-refractivity contribution in [3.8, 4) is 0 Å². The first kappa shape index (κ1) is 9.90. The Morgan fingerprint density at radius 1 is 1.55 bits per heavy atom. The molecule has 5 nitrogen and oxygen atoms in total. The summed E-state index contributed by atoms with van der Waals surface area (Å²) in [5.41, 5.74) is 5.19. The Morgan fingerprint density at radius 3 is 2.45 bits per heavy atom. The van der Waals surface area contributed by atoms with E-state index in [0.29, 0.717) is 6.54 Å². The molecule has 0 aliphatic rings. The van der Waals surface area contributed by atoms with Crippen LogP contribution in [-0.4, -0.2) is 24.5 Å². The number of carbonyl (C=O) groups excluding carboxylic acids is 2. The Balaban J connectivity index is 3.67. The second-order valence-electron chi connectivity index (χ2n) is 2.14.